The highest BCUT2D eigenvalue weighted by molar-refractivity contribution is 8.00. The molecule has 0 radical (unpaired) electrons. The number of ether oxygens (including phenoxy) is 1. The smallest absolute Gasteiger partial charge is 0.237 e. The zero-order valence-corrected chi connectivity index (χ0v) is 19.5. The number of carbonyl (C=O) groups excluding carboxylic acids is 1. The lowest BCUT2D eigenvalue weighted by molar-refractivity contribution is -0.115. The van der Waals surface area contributed by atoms with Crippen LogP contribution in [0.3, 0.4) is 0 Å². The topological polar surface area (TPSA) is 69.0 Å². The van der Waals surface area contributed by atoms with Crippen molar-refractivity contribution < 1.29 is 9.53 Å². The Bertz CT molecular complexity index is 1140. The molecule has 6 nitrogen and oxygen atoms in total. The molecule has 0 fully saturated rings. The van der Waals surface area contributed by atoms with Crippen LogP contribution in [0.1, 0.15) is 23.2 Å². The first kappa shape index (κ1) is 22.1. The van der Waals surface area contributed by atoms with Gasteiger partial charge in [0.1, 0.15) is 18.2 Å². The molecule has 0 aliphatic heterocycles. The van der Waals surface area contributed by atoms with Crippen molar-refractivity contribution in [2.75, 3.05) is 5.32 Å². The summed E-state index contributed by atoms with van der Waals surface area (Å²) in [5.41, 5.74) is 1.84. The lowest BCUT2D eigenvalue weighted by Gasteiger charge is -2.12. The minimum absolute atomic E-state index is 0.0873. The highest BCUT2D eigenvalue weighted by Crippen LogP contribution is 2.24. The Balaban J connectivity index is 1.29. The van der Waals surface area contributed by atoms with E-state index in [4.69, 9.17) is 4.74 Å². The maximum absolute atomic E-state index is 12.7. The van der Waals surface area contributed by atoms with Crippen LogP contribution in [0.15, 0.2) is 77.3 Å². The second-order valence-electron chi connectivity index (χ2n) is 7.26. The number of nitrogens with one attached hydrogen (secondary N) is 1. The number of aromatic nitrogens is 3. The van der Waals surface area contributed by atoms with Crippen molar-refractivity contribution >= 4 is 34.7 Å². The van der Waals surface area contributed by atoms with Crippen LogP contribution in [-0.2, 0) is 24.9 Å². The zero-order valence-electron chi connectivity index (χ0n) is 17.9. The van der Waals surface area contributed by atoms with E-state index in [0.717, 1.165) is 34.4 Å². The Labute approximate surface area is 195 Å². The molecular weight excluding hydrogens is 440 g/mol. The van der Waals surface area contributed by atoms with Crippen molar-refractivity contribution in [1.29, 1.82) is 0 Å². The van der Waals surface area contributed by atoms with E-state index >= 15 is 0 Å². The molecule has 4 aromatic rings. The van der Waals surface area contributed by atoms with E-state index in [2.05, 4.69) is 27.0 Å². The number of thioether (sulfide) groups is 1. The van der Waals surface area contributed by atoms with Gasteiger partial charge in [-0.05, 0) is 48.2 Å². The molecule has 0 spiro atoms. The molecule has 32 heavy (non-hydrogen) atoms. The summed E-state index contributed by atoms with van der Waals surface area (Å²) in [6.07, 6.45) is 0.737. The van der Waals surface area contributed by atoms with Gasteiger partial charge < -0.3 is 14.6 Å². The summed E-state index contributed by atoms with van der Waals surface area (Å²) in [4.78, 5) is 13.9. The predicted octanol–water partition coefficient (Wildman–Crippen LogP) is 5.17. The molecule has 2 aromatic heterocycles. The van der Waals surface area contributed by atoms with E-state index in [1.165, 1.54) is 16.6 Å². The Hall–Kier alpha value is -3.10. The normalized spacial score (nSPS) is 11.8. The molecule has 4 rings (SSSR count). The van der Waals surface area contributed by atoms with E-state index in [9.17, 15) is 4.79 Å². The van der Waals surface area contributed by atoms with Gasteiger partial charge in [-0.15, -0.1) is 21.5 Å². The Morgan fingerprint density at radius 3 is 2.59 bits per heavy atom. The van der Waals surface area contributed by atoms with Gasteiger partial charge in [0, 0.05) is 24.0 Å². The van der Waals surface area contributed by atoms with Crippen molar-refractivity contribution in [3.63, 3.8) is 0 Å². The third kappa shape index (κ3) is 5.77. The van der Waals surface area contributed by atoms with Crippen LogP contribution >= 0.6 is 23.1 Å². The summed E-state index contributed by atoms with van der Waals surface area (Å²) >= 11 is 3.09. The van der Waals surface area contributed by atoms with Gasteiger partial charge >= 0.3 is 0 Å². The van der Waals surface area contributed by atoms with E-state index in [0.29, 0.717) is 6.61 Å². The van der Waals surface area contributed by atoms with Crippen LogP contribution in [0.5, 0.6) is 5.75 Å². The van der Waals surface area contributed by atoms with Crippen LogP contribution < -0.4 is 10.1 Å². The number of nitrogens with zero attached hydrogens (tertiary/aromatic N) is 3. The van der Waals surface area contributed by atoms with Crippen LogP contribution in [0.2, 0.25) is 0 Å². The second kappa shape index (κ2) is 10.5. The Morgan fingerprint density at radius 1 is 1.09 bits per heavy atom. The van der Waals surface area contributed by atoms with Crippen LogP contribution in [0, 0.1) is 0 Å². The standard InChI is InChI=1S/C24H24N4O2S2/c1-17(32-24-27-26-22(28(24)2)15-21-9-6-14-31-21)23(29)25-19-10-12-20(13-11-19)30-16-18-7-4-3-5-8-18/h3-14,17H,15-16H2,1-2H3,(H,25,29). The number of thiophene rings is 1. The Kier molecular flexibility index (Phi) is 7.24. The van der Waals surface area contributed by atoms with Crippen LogP contribution in [-0.4, -0.2) is 25.9 Å². The number of hydrogen-bond acceptors (Lipinski definition) is 6. The minimum atomic E-state index is -0.318. The summed E-state index contributed by atoms with van der Waals surface area (Å²) < 4.78 is 7.75. The molecule has 0 saturated heterocycles. The highest BCUT2D eigenvalue weighted by Gasteiger charge is 2.19. The first-order valence-corrected chi connectivity index (χ1v) is 12.0. The SMILES string of the molecule is CC(Sc1nnc(Cc2cccs2)n1C)C(=O)Nc1ccc(OCc2ccccc2)cc1. The average molecular weight is 465 g/mol. The predicted molar refractivity (Wildman–Crippen MR) is 129 cm³/mol. The van der Waals surface area contributed by atoms with Crippen LogP contribution in [0.25, 0.3) is 0 Å². The van der Waals surface area contributed by atoms with E-state index in [-0.39, 0.29) is 11.2 Å². The molecule has 0 aliphatic rings. The molecule has 164 valence electrons. The lowest BCUT2D eigenvalue weighted by Crippen LogP contribution is -2.22. The summed E-state index contributed by atoms with van der Waals surface area (Å²) in [7, 11) is 1.93. The Morgan fingerprint density at radius 2 is 1.88 bits per heavy atom. The van der Waals surface area contributed by atoms with Gasteiger partial charge in [0.25, 0.3) is 0 Å². The van der Waals surface area contributed by atoms with E-state index in [1.54, 1.807) is 11.3 Å². The summed E-state index contributed by atoms with van der Waals surface area (Å²) in [5, 5.41) is 14.0. The van der Waals surface area contributed by atoms with E-state index in [1.807, 2.05) is 79.2 Å². The van der Waals surface area contributed by atoms with Crippen molar-refractivity contribution in [3.05, 3.63) is 88.4 Å². The van der Waals surface area contributed by atoms with Gasteiger partial charge in [0.2, 0.25) is 5.91 Å². The van der Waals surface area contributed by atoms with Crippen molar-refractivity contribution in [1.82, 2.24) is 14.8 Å². The largest absolute Gasteiger partial charge is 0.489 e. The van der Waals surface area contributed by atoms with Gasteiger partial charge in [-0.25, -0.2) is 0 Å². The van der Waals surface area contributed by atoms with Gasteiger partial charge in [-0.3, -0.25) is 4.79 Å². The minimum Gasteiger partial charge on any atom is -0.489 e. The fraction of sp³-hybridized carbons (Fsp3) is 0.208. The third-order valence-corrected chi connectivity index (χ3v) is 6.87. The summed E-state index contributed by atoms with van der Waals surface area (Å²) in [6, 6.07) is 21.5. The molecular formula is C24H24N4O2S2. The maximum atomic E-state index is 12.7. The highest BCUT2D eigenvalue weighted by atomic mass is 32.2. The van der Waals surface area contributed by atoms with Crippen LogP contribution in [0.4, 0.5) is 5.69 Å². The summed E-state index contributed by atoms with van der Waals surface area (Å²) in [5.74, 6) is 1.55. The quantitative estimate of drug-likeness (QED) is 0.346. The zero-order chi connectivity index (χ0) is 22.3. The number of amides is 1. The number of carbonyl (C=O) groups is 1. The monoisotopic (exact) mass is 464 g/mol. The number of benzene rings is 2. The van der Waals surface area contributed by atoms with E-state index < -0.39 is 0 Å². The van der Waals surface area contributed by atoms with Gasteiger partial charge in [-0.1, -0.05) is 48.2 Å². The molecule has 1 unspecified atom stereocenters. The van der Waals surface area contributed by atoms with Crippen molar-refractivity contribution in [2.45, 2.75) is 30.4 Å². The van der Waals surface area contributed by atoms with Crippen molar-refractivity contribution in [3.8, 4) is 5.75 Å². The fourth-order valence-corrected chi connectivity index (χ4v) is 4.54. The fourth-order valence-electron chi connectivity index (χ4n) is 3.00. The van der Waals surface area contributed by atoms with Gasteiger partial charge in [0.05, 0.1) is 5.25 Å². The first-order chi connectivity index (χ1) is 15.6. The maximum Gasteiger partial charge on any atom is 0.237 e. The lowest BCUT2D eigenvalue weighted by atomic mass is 10.2. The molecule has 2 aromatic carbocycles. The first-order valence-electron chi connectivity index (χ1n) is 10.2. The van der Waals surface area contributed by atoms with Gasteiger partial charge in [0.15, 0.2) is 5.16 Å². The third-order valence-electron chi connectivity index (χ3n) is 4.86. The molecule has 8 heteroatoms. The number of hydrogen-bond donors (Lipinski definition) is 1. The molecule has 1 amide bonds. The average Bonchev–Trinajstić information content (AvgIpc) is 3.45. The summed E-state index contributed by atoms with van der Waals surface area (Å²) in [6.45, 7) is 2.37. The molecule has 0 bridgehead atoms. The number of anilines is 1. The van der Waals surface area contributed by atoms with Crippen molar-refractivity contribution in [2.24, 2.45) is 7.05 Å². The molecule has 0 saturated carbocycles. The molecule has 2 heterocycles. The number of rotatable bonds is 9. The molecule has 1 atom stereocenters. The molecule has 1 N–H and O–H groups in total. The second-order valence-corrected chi connectivity index (χ2v) is 9.60. The van der Waals surface area contributed by atoms with Gasteiger partial charge in [-0.2, -0.15) is 0 Å². The molecule has 0 aliphatic carbocycles.